The highest BCUT2D eigenvalue weighted by Crippen LogP contribution is 2.33. The van der Waals surface area contributed by atoms with Gasteiger partial charge in [0.05, 0.1) is 16.7 Å². The van der Waals surface area contributed by atoms with Crippen molar-refractivity contribution in [1.82, 2.24) is 25.1 Å². The van der Waals surface area contributed by atoms with Crippen molar-refractivity contribution in [2.24, 2.45) is 0 Å². The van der Waals surface area contributed by atoms with E-state index in [0.717, 1.165) is 57.7 Å². The first kappa shape index (κ1) is 17.2. The number of H-pyrrole nitrogens is 2. The van der Waals surface area contributed by atoms with Crippen LogP contribution in [0, 0.1) is 0 Å². The second-order valence-corrected chi connectivity index (χ2v) is 7.88. The van der Waals surface area contributed by atoms with Gasteiger partial charge in [0, 0.05) is 36.4 Å². The van der Waals surface area contributed by atoms with Crippen molar-refractivity contribution in [3.05, 3.63) is 60.9 Å². The summed E-state index contributed by atoms with van der Waals surface area (Å²) in [5.41, 5.74) is 7.32. The van der Waals surface area contributed by atoms with Gasteiger partial charge in [-0.1, -0.05) is 18.2 Å². The molecule has 1 fully saturated rings. The normalized spacial score (nSPS) is 14.6. The first-order valence-electron chi connectivity index (χ1n) is 10.5. The van der Waals surface area contributed by atoms with Gasteiger partial charge in [0.2, 0.25) is 0 Å². The number of anilines is 1. The highest BCUT2D eigenvalue weighted by atomic mass is 15.2. The monoisotopic (exact) mass is 394 g/mol. The third kappa shape index (κ3) is 2.84. The minimum absolute atomic E-state index is 0.795. The Morgan fingerprint density at radius 3 is 2.67 bits per heavy atom. The van der Waals surface area contributed by atoms with E-state index in [9.17, 15) is 0 Å². The molecule has 1 saturated heterocycles. The molecule has 0 bridgehead atoms. The summed E-state index contributed by atoms with van der Waals surface area (Å²) in [6, 6.07) is 16.7. The molecular formula is C24H22N6. The molecule has 1 aliphatic heterocycles. The Labute approximate surface area is 174 Å². The number of fused-ring (bicyclic) bond motifs is 2. The van der Waals surface area contributed by atoms with Gasteiger partial charge in [0.1, 0.15) is 11.2 Å². The summed E-state index contributed by atoms with van der Waals surface area (Å²) in [5, 5.41) is 8.79. The predicted octanol–water partition coefficient (Wildman–Crippen LogP) is 5.16. The summed E-state index contributed by atoms with van der Waals surface area (Å²) < 4.78 is 0. The summed E-state index contributed by atoms with van der Waals surface area (Å²) >= 11 is 0. The Morgan fingerprint density at radius 1 is 0.867 bits per heavy atom. The van der Waals surface area contributed by atoms with Gasteiger partial charge in [-0.3, -0.25) is 10.1 Å². The summed E-state index contributed by atoms with van der Waals surface area (Å²) in [5.74, 6) is 0.795. The fourth-order valence-corrected chi connectivity index (χ4v) is 4.43. The van der Waals surface area contributed by atoms with E-state index in [4.69, 9.17) is 4.98 Å². The molecule has 4 heterocycles. The molecule has 6 nitrogen and oxygen atoms in total. The summed E-state index contributed by atoms with van der Waals surface area (Å²) in [4.78, 5) is 15.2. The second-order valence-electron chi connectivity index (χ2n) is 7.88. The van der Waals surface area contributed by atoms with Crippen LogP contribution in [-0.4, -0.2) is 38.2 Å². The number of hydrogen-bond donors (Lipinski definition) is 2. The molecule has 0 spiro atoms. The molecule has 6 rings (SSSR count). The summed E-state index contributed by atoms with van der Waals surface area (Å²) in [6.45, 7) is 2.20. The zero-order valence-electron chi connectivity index (χ0n) is 16.6. The van der Waals surface area contributed by atoms with Crippen LogP contribution in [0.1, 0.15) is 19.3 Å². The largest absolute Gasteiger partial charge is 0.370 e. The number of para-hydroxylation sites is 1. The molecule has 0 amide bonds. The maximum absolute atomic E-state index is 4.99. The molecule has 0 saturated carbocycles. The molecule has 0 radical (unpaired) electrons. The van der Waals surface area contributed by atoms with E-state index in [1.807, 2.05) is 12.3 Å². The zero-order chi connectivity index (χ0) is 19.9. The third-order valence-electron chi connectivity index (χ3n) is 5.97. The van der Waals surface area contributed by atoms with Gasteiger partial charge in [-0.05, 0) is 55.2 Å². The van der Waals surface area contributed by atoms with Gasteiger partial charge in [-0.25, -0.2) is 4.98 Å². The molecule has 30 heavy (non-hydrogen) atoms. The number of imidazole rings is 1. The van der Waals surface area contributed by atoms with E-state index >= 15 is 0 Å². The number of piperidine rings is 1. The highest BCUT2D eigenvalue weighted by Gasteiger charge is 2.18. The lowest BCUT2D eigenvalue weighted by atomic mass is 10.0. The first-order valence-corrected chi connectivity index (χ1v) is 10.5. The van der Waals surface area contributed by atoms with Crippen molar-refractivity contribution in [3.8, 4) is 22.6 Å². The number of aromatic amines is 2. The van der Waals surface area contributed by atoms with Crippen LogP contribution in [-0.2, 0) is 0 Å². The van der Waals surface area contributed by atoms with Crippen molar-refractivity contribution >= 4 is 27.6 Å². The average molecular weight is 394 g/mol. The number of benzene rings is 2. The minimum Gasteiger partial charge on any atom is -0.370 e. The lowest BCUT2D eigenvalue weighted by Crippen LogP contribution is -2.29. The van der Waals surface area contributed by atoms with Crippen LogP contribution < -0.4 is 4.90 Å². The fourth-order valence-electron chi connectivity index (χ4n) is 4.43. The van der Waals surface area contributed by atoms with Gasteiger partial charge in [0.15, 0.2) is 5.82 Å². The highest BCUT2D eigenvalue weighted by molar-refractivity contribution is 5.97. The number of nitrogens with one attached hydrogen (secondary N) is 2. The molecule has 148 valence electrons. The molecule has 0 aliphatic carbocycles. The van der Waals surface area contributed by atoms with Crippen molar-refractivity contribution < 1.29 is 0 Å². The predicted molar refractivity (Wildman–Crippen MR) is 120 cm³/mol. The molecule has 0 unspecified atom stereocenters. The van der Waals surface area contributed by atoms with Crippen molar-refractivity contribution in [1.29, 1.82) is 0 Å². The molecule has 2 aromatic carbocycles. The van der Waals surface area contributed by atoms with Crippen LogP contribution >= 0.6 is 0 Å². The summed E-state index contributed by atoms with van der Waals surface area (Å²) in [7, 11) is 0. The van der Waals surface area contributed by atoms with Crippen molar-refractivity contribution in [2.45, 2.75) is 19.3 Å². The van der Waals surface area contributed by atoms with Crippen LogP contribution in [0.5, 0.6) is 0 Å². The molecule has 2 N–H and O–H groups in total. The fraction of sp³-hybridized carbons (Fsp3) is 0.208. The quantitative estimate of drug-likeness (QED) is 0.443. The third-order valence-corrected chi connectivity index (χ3v) is 5.97. The Kier molecular flexibility index (Phi) is 4.01. The number of nitrogens with zero attached hydrogens (tertiary/aromatic N) is 4. The van der Waals surface area contributed by atoms with E-state index in [1.165, 1.54) is 24.9 Å². The molecule has 1 aliphatic rings. The van der Waals surface area contributed by atoms with Crippen molar-refractivity contribution in [3.63, 3.8) is 0 Å². The van der Waals surface area contributed by atoms with E-state index in [2.05, 4.69) is 67.5 Å². The Balaban J connectivity index is 1.47. The molecule has 6 heteroatoms. The van der Waals surface area contributed by atoms with Gasteiger partial charge in [0.25, 0.3) is 0 Å². The van der Waals surface area contributed by atoms with Crippen molar-refractivity contribution in [2.75, 3.05) is 18.0 Å². The Morgan fingerprint density at radius 2 is 1.80 bits per heavy atom. The number of pyridine rings is 1. The minimum atomic E-state index is 0.795. The van der Waals surface area contributed by atoms with Gasteiger partial charge in [-0.2, -0.15) is 5.10 Å². The van der Waals surface area contributed by atoms with Gasteiger partial charge in [-0.15, -0.1) is 0 Å². The van der Waals surface area contributed by atoms with E-state index in [0.29, 0.717) is 0 Å². The van der Waals surface area contributed by atoms with Crippen LogP contribution in [0.3, 0.4) is 0 Å². The number of rotatable bonds is 3. The average Bonchev–Trinajstić information content (AvgIpc) is 3.43. The molecule has 3 aromatic heterocycles. The standard InChI is InChI=1S/C24H22N6/c1-2-12-30(13-3-1)21-8-4-7-20-23(21)27-24(26-20)22-18-14-16(9-10-19(18)28-29-22)17-6-5-11-25-15-17/h4-11,14-15H,1-3,12-13H2,(H,26,27)(H,28,29). The van der Waals surface area contributed by atoms with E-state index in [-0.39, 0.29) is 0 Å². The second kappa shape index (κ2) is 6.99. The van der Waals surface area contributed by atoms with Gasteiger partial charge >= 0.3 is 0 Å². The number of hydrogen-bond acceptors (Lipinski definition) is 4. The smallest absolute Gasteiger partial charge is 0.159 e. The number of aromatic nitrogens is 5. The maximum atomic E-state index is 4.99. The van der Waals surface area contributed by atoms with E-state index in [1.54, 1.807) is 6.20 Å². The van der Waals surface area contributed by atoms with Crippen LogP contribution in [0.4, 0.5) is 5.69 Å². The van der Waals surface area contributed by atoms with Crippen LogP contribution in [0.25, 0.3) is 44.6 Å². The van der Waals surface area contributed by atoms with Gasteiger partial charge < -0.3 is 9.88 Å². The first-order chi connectivity index (χ1) is 14.9. The zero-order valence-corrected chi connectivity index (χ0v) is 16.6. The topological polar surface area (TPSA) is 73.5 Å². The lowest BCUT2D eigenvalue weighted by Gasteiger charge is -2.28. The molecular weight excluding hydrogens is 372 g/mol. The maximum Gasteiger partial charge on any atom is 0.159 e. The Bertz CT molecular complexity index is 1330. The summed E-state index contributed by atoms with van der Waals surface area (Å²) in [6.07, 6.45) is 7.48. The lowest BCUT2D eigenvalue weighted by molar-refractivity contribution is 0.579. The molecule has 5 aromatic rings. The Hall–Kier alpha value is -3.67. The molecule has 0 atom stereocenters. The van der Waals surface area contributed by atoms with E-state index < -0.39 is 0 Å². The SMILES string of the molecule is c1cncc(-c2ccc3[nH]nc(-c4nc5c(N6CCCCC6)cccc5[nH]4)c3c2)c1. The van der Waals surface area contributed by atoms with Crippen LogP contribution in [0.15, 0.2) is 60.9 Å². The van der Waals surface area contributed by atoms with Crippen LogP contribution in [0.2, 0.25) is 0 Å².